The Bertz CT molecular complexity index is 1140. The van der Waals surface area contributed by atoms with Crippen LogP contribution in [0, 0.1) is 20.8 Å². The molecule has 6 nitrogen and oxygen atoms in total. The van der Waals surface area contributed by atoms with E-state index < -0.39 is 29.8 Å². The molecule has 148 valence electrons. The topological polar surface area (TPSA) is 68.9 Å². The number of fused-ring (bicyclic) bond motifs is 1. The summed E-state index contributed by atoms with van der Waals surface area (Å²) >= 11 is 0. The number of hydrogen-bond acceptors (Lipinski definition) is 3. The minimum absolute atomic E-state index is 0.0486. The van der Waals surface area contributed by atoms with Gasteiger partial charge in [-0.15, -0.1) is 0 Å². The van der Waals surface area contributed by atoms with Gasteiger partial charge in [0.25, 0.3) is 5.56 Å². The molecule has 3 aromatic rings. The van der Waals surface area contributed by atoms with Gasteiger partial charge < -0.3 is 5.32 Å². The molecule has 3 rings (SSSR count). The van der Waals surface area contributed by atoms with Crippen LogP contribution in [0.3, 0.4) is 0 Å². The van der Waals surface area contributed by atoms with E-state index in [1.54, 1.807) is 12.1 Å². The van der Waals surface area contributed by atoms with E-state index in [9.17, 15) is 22.8 Å². The monoisotopic (exact) mass is 392 g/mol. The lowest BCUT2D eigenvalue weighted by molar-refractivity contribution is -0.136. The number of halogens is 3. The third kappa shape index (κ3) is 3.51. The number of anilines is 1. The van der Waals surface area contributed by atoms with Crippen LogP contribution >= 0.6 is 0 Å². The van der Waals surface area contributed by atoms with Crippen molar-refractivity contribution in [3.63, 3.8) is 0 Å². The van der Waals surface area contributed by atoms with E-state index in [0.717, 1.165) is 15.7 Å². The Hall–Kier alpha value is -3.10. The molecule has 2 aromatic heterocycles. The molecule has 0 saturated carbocycles. The molecular weight excluding hydrogens is 373 g/mol. The first kappa shape index (κ1) is 19.7. The fourth-order valence-electron chi connectivity index (χ4n) is 3.19. The summed E-state index contributed by atoms with van der Waals surface area (Å²) in [5.74, 6) is -0.523. The molecule has 1 N–H and O–H groups in total. The molecule has 2 heterocycles. The molecule has 0 fully saturated rings. The van der Waals surface area contributed by atoms with Gasteiger partial charge >= 0.3 is 6.18 Å². The molecule has 0 aliphatic carbocycles. The number of aromatic nitrogens is 3. The first-order chi connectivity index (χ1) is 13.0. The maximum Gasteiger partial charge on any atom is 0.417 e. The van der Waals surface area contributed by atoms with E-state index in [2.05, 4.69) is 10.4 Å². The van der Waals surface area contributed by atoms with Gasteiger partial charge in [-0.25, -0.2) is 0 Å². The van der Waals surface area contributed by atoms with Gasteiger partial charge in [-0.3, -0.25) is 18.8 Å². The van der Waals surface area contributed by atoms with Gasteiger partial charge in [-0.05, 0) is 44.0 Å². The summed E-state index contributed by atoms with van der Waals surface area (Å²) in [6.07, 6.45) is -4.70. The molecule has 0 aliphatic heterocycles. The summed E-state index contributed by atoms with van der Waals surface area (Å²) in [6, 6.07) is 5.87. The van der Waals surface area contributed by atoms with E-state index in [1.807, 2.05) is 19.9 Å². The first-order valence-corrected chi connectivity index (χ1v) is 8.50. The second-order valence-electron chi connectivity index (χ2n) is 6.73. The summed E-state index contributed by atoms with van der Waals surface area (Å²) in [5, 5.41) is 6.49. The highest BCUT2D eigenvalue weighted by atomic mass is 19.4. The third-order valence-corrected chi connectivity index (χ3v) is 4.65. The Morgan fingerprint density at radius 1 is 1.14 bits per heavy atom. The van der Waals surface area contributed by atoms with Crippen molar-refractivity contribution in [1.29, 1.82) is 0 Å². The van der Waals surface area contributed by atoms with Crippen LogP contribution in [0.4, 0.5) is 18.9 Å². The van der Waals surface area contributed by atoms with E-state index in [-0.39, 0.29) is 16.7 Å². The van der Waals surface area contributed by atoms with Crippen molar-refractivity contribution in [2.24, 2.45) is 7.05 Å². The van der Waals surface area contributed by atoms with Crippen LogP contribution in [0.2, 0.25) is 0 Å². The number of aryl methyl sites for hydroxylation is 4. The number of carbonyl (C=O) groups is 1. The molecule has 0 bridgehead atoms. The van der Waals surface area contributed by atoms with Crippen LogP contribution < -0.4 is 10.9 Å². The number of pyridine rings is 1. The van der Waals surface area contributed by atoms with Gasteiger partial charge in [0, 0.05) is 18.8 Å². The Kier molecular flexibility index (Phi) is 4.78. The highest BCUT2D eigenvalue weighted by Crippen LogP contribution is 2.35. The first-order valence-electron chi connectivity index (χ1n) is 8.50. The standard InChI is InChI=1S/C19H19F3N4O2/c1-10-5-6-13(7-11(10)2)23-15(27)9-26-16(28)8-14(19(20,21)22)17-12(3)24-25(4)18(17)26/h5-8H,9H2,1-4H3,(H,23,27). The average Bonchev–Trinajstić information content (AvgIpc) is 2.87. The zero-order chi connectivity index (χ0) is 20.8. The second kappa shape index (κ2) is 6.81. The highest BCUT2D eigenvalue weighted by molar-refractivity contribution is 5.92. The van der Waals surface area contributed by atoms with E-state index in [0.29, 0.717) is 11.8 Å². The predicted octanol–water partition coefficient (Wildman–Crippen LogP) is 3.32. The smallest absolute Gasteiger partial charge is 0.325 e. The summed E-state index contributed by atoms with van der Waals surface area (Å²) in [4.78, 5) is 24.8. The van der Waals surface area contributed by atoms with E-state index in [4.69, 9.17) is 0 Å². The van der Waals surface area contributed by atoms with Crippen LogP contribution in [-0.4, -0.2) is 20.3 Å². The number of carbonyl (C=O) groups excluding carboxylic acids is 1. The molecule has 0 spiro atoms. The Morgan fingerprint density at radius 3 is 2.43 bits per heavy atom. The van der Waals surface area contributed by atoms with Gasteiger partial charge in [0.1, 0.15) is 12.2 Å². The van der Waals surface area contributed by atoms with Gasteiger partial charge in [0.2, 0.25) is 5.91 Å². The molecule has 0 radical (unpaired) electrons. The zero-order valence-electron chi connectivity index (χ0n) is 15.8. The number of nitrogens with one attached hydrogen (secondary N) is 1. The Balaban J connectivity index is 2.04. The van der Waals surface area contributed by atoms with Crippen molar-refractivity contribution in [2.45, 2.75) is 33.5 Å². The third-order valence-electron chi connectivity index (χ3n) is 4.65. The van der Waals surface area contributed by atoms with Crippen LogP contribution in [0.15, 0.2) is 29.1 Å². The summed E-state index contributed by atoms with van der Waals surface area (Å²) < 4.78 is 42.3. The van der Waals surface area contributed by atoms with Crippen LogP contribution in [-0.2, 0) is 24.6 Å². The van der Waals surface area contributed by atoms with Gasteiger partial charge in [0.15, 0.2) is 0 Å². The Labute approximate surface area is 158 Å². The van der Waals surface area contributed by atoms with E-state index in [1.165, 1.54) is 18.7 Å². The molecular formula is C19H19F3N4O2. The Morgan fingerprint density at radius 2 is 1.82 bits per heavy atom. The SMILES string of the molecule is Cc1ccc(NC(=O)Cn2c(=O)cc(C(F)(F)F)c3c(C)nn(C)c32)cc1C. The van der Waals surface area contributed by atoms with Crippen molar-refractivity contribution in [1.82, 2.24) is 14.3 Å². The maximum atomic E-state index is 13.4. The van der Waals surface area contributed by atoms with Crippen LogP contribution in [0.1, 0.15) is 22.4 Å². The molecule has 28 heavy (non-hydrogen) atoms. The summed E-state index contributed by atoms with van der Waals surface area (Å²) in [6.45, 7) is 4.83. The number of nitrogens with zero attached hydrogens (tertiary/aromatic N) is 3. The van der Waals surface area contributed by atoms with E-state index >= 15 is 0 Å². The minimum Gasteiger partial charge on any atom is -0.325 e. The molecule has 1 amide bonds. The van der Waals surface area contributed by atoms with Crippen molar-refractivity contribution in [3.05, 3.63) is 57.0 Å². The lowest BCUT2D eigenvalue weighted by Crippen LogP contribution is -2.30. The summed E-state index contributed by atoms with van der Waals surface area (Å²) in [5.41, 5.74) is 0.700. The molecule has 0 unspecified atom stereocenters. The lowest BCUT2D eigenvalue weighted by Gasteiger charge is -2.14. The fourth-order valence-corrected chi connectivity index (χ4v) is 3.19. The van der Waals surface area contributed by atoms with Crippen LogP contribution in [0.5, 0.6) is 0 Å². The number of alkyl halides is 3. The van der Waals surface area contributed by atoms with Crippen LogP contribution in [0.25, 0.3) is 11.0 Å². The zero-order valence-corrected chi connectivity index (χ0v) is 15.8. The summed E-state index contributed by atoms with van der Waals surface area (Å²) in [7, 11) is 1.44. The minimum atomic E-state index is -4.70. The fraction of sp³-hybridized carbons (Fsp3) is 0.316. The molecule has 0 aliphatic rings. The van der Waals surface area contributed by atoms with Gasteiger partial charge in [-0.2, -0.15) is 18.3 Å². The molecule has 9 heteroatoms. The van der Waals surface area contributed by atoms with Crippen molar-refractivity contribution in [2.75, 3.05) is 5.32 Å². The normalized spacial score (nSPS) is 11.8. The number of rotatable bonds is 3. The predicted molar refractivity (Wildman–Crippen MR) is 99.3 cm³/mol. The second-order valence-corrected chi connectivity index (χ2v) is 6.73. The van der Waals surface area contributed by atoms with Crippen molar-refractivity contribution < 1.29 is 18.0 Å². The van der Waals surface area contributed by atoms with Gasteiger partial charge in [0.05, 0.1) is 16.6 Å². The number of hydrogen-bond donors (Lipinski definition) is 1. The average molecular weight is 392 g/mol. The lowest BCUT2D eigenvalue weighted by atomic mass is 10.1. The quantitative estimate of drug-likeness (QED) is 0.744. The van der Waals surface area contributed by atoms with Crippen molar-refractivity contribution in [3.8, 4) is 0 Å². The number of benzene rings is 1. The maximum absolute atomic E-state index is 13.4. The molecule has 0 atom stereocenters. The largest absolute Gasteiger partial charge is 0.417 e. The van der Waals surface area contributed by atoms with Crippen molar-refractivity contribution >= 4 is 22.6 Å². The molecule has 0 saturated heterocycles. The number of amides is 1. The van der Waals surface area contributed by atoms with Gasteiger partial charge in [-0.1, -0.05) is 6.07 Å². The highest BCUT2D eigenvalue weighted by Gasteiger charge is 2.36. The molecule has 1 aromatic carbocycles.